The minimum atomic E-state index is -1.10. The van der Waals surface area contributed by atoms with E-state index in [4.69, 9.17) is 11.1 Å². The molecule has 5 aliphatic rings. The van der Waals surface area contributed by atoms with Crippen LogP contribution in [0.25, 0.3) is 16.0 Å². The summed E-state index contributed by atoms with van der Waals surface area (Å²) in [6.07, 6.45) is 1.85. The Labute approximate surface area is 317 Å². The van der Waals surface area contributed by atoms with Crippen molar-refractivity contribution < 1.29 is 28.1 Å². The number of aromatic nitrogens is 1. The molecular formula is C42H40FN7O5. The number of amides is 4. The number of aryl methyl sites for hydroxylation is 3. The van der Waals surface area contributed by atoms with Gasteiger partial charge in [0.2, 0.25) is 11.8 Å². The normalized spacial score (nSPS) is 20.9. The van der Waals surface area contributed by atoms with Crippen LogP contribution in [0.4, 0.5) is 21.5 Å². The molecule has 12 nitrogen and oxygen atoms in total. The number of hydrogen-bond acceptors (Lipinski definition) is 9. The Morgan fingerprint density at radius 2 is 1.67 bits per heavy atom. The van der Waals surface area contributed by atoms with Gasteiger partial charge >= 0.3 is 0 Å². The zero-order valence-corrected chi connectivity index (χ0v) is 30.9. The van der Waals surface area contributed by atoms with Crippen LogP contribution in [0.15, 0.2) is 59.1 Å². The molecule has 4 fully saturated rings. The van der Waals surface area contributed by atoms with Crippen LogP contribution in [0, 0.1) is 39.1 Å². The molecule has 1 atom stereocenters. The predicted molar refractivity (Wildman–Crippen MR) is 201 cm³/mol. The number of anilines is 3. The van der Waals surface area contributed by atoms with E-state index >= 15 is 4.39 Å². The van der Waals surface area contributed by atoms with Gasteiger partial charge in [-0.05, 0) is 80.8 Å². The highest BCUT2D eigenvalue weighted by atomic mass is 19.1. The van der Waals surface area contributed by atoms with Gasteiger partial charge in [-0.2, -0.15) is 0 Å². The molecule has 0 bridgehead atoms. The average Bonchev–Trinajstić information content (AvgIpc) is 3.81. The molecule has 3 saturated heterocycles. The van der Waals surface area contributed by atoms with Gasteiger partial charge in [0.25, 0.3) is 17.4 Å². The Morgan fingerprint density at radius 3 is 2.31 bits per heavy atom. The van der Waals surface area contributed by atoms with Crippen LogP contribution in [0.1, 0.15) is 69.0 Å². The number of imide groups is 2. The highest BCUT2D eigenvalue weighted by molar-refractivity contribution is 6.23. The third kappa shape index (κ3) is 5.78. The van der Waals surface area contributed by atoms with Gasteiger partial charge in [-0.3, -0.25) is 34.3 Å². The monoisotopic (exact) mass is 741 g/mol. The number of nitrogens with zero attached hydrogens (tertiary/aromatic N) is 6. The van der Waals surface area contributed by atoms with Gasteiger partial charge in [0.1, 0.15) is 17.6 Å². The number of hydrogen-bond donors (Lipinski definition) is 1. The standard InChI is InChI=1S/C42H40FN7O5/c1-23-5-6-27(38-24(2)46-55-25(38)3)15-35(23)49(29-9-7-28(8-10-29)42(44-4)13-14-42)20-26-18-47(19-26)30-21-48(22-30)36-17-32-31(16-33(36)43)40(53)50(41(32)54)34-11-12-37(51)45-39(34)52/h5-10,15-17,26,30,34H,11-14,18-22H2,1-3H3,(H,45,51,52). The average molecular weight is 742 g/mol. The summed E-state index contributed by atoms with van der Waals surface area (Å²) in [7, 11) is 0. The summed E-state index contributed by atoms with van der Waals surface area (Å²) >= 11 is 0. The van der Waals surface area contributed by atoms with Crippen molar-refractivity contribution in [1.29, 1.82) is 0 Å². The van der Waals surface area contributed by atoms with Crippen molar-refractivity contribution >= 4 is 40.7 Å². The number of rotatable bonds is 9. The molecule has 1 aromatic heterocycles. The molecule has 3 aromatic carbocycles. The quantitative estimate of drug-likeness (QED) is 0.171. The summed E-state index contributed by atoms with van der Waals surface area (Å²) in [5.41, 5.74) is 7.14. The fourth-order valence-corrected chi connectivity index (χ4v) is 8.71. The fourth-order valence-electron chi connectivity index (χ4n) is 8.71. The van der Waals surface area contributed by atoms with E-state index in [2.05, 4.69) is 74.5 Å². The van der Waals surface area contributed by atoms with Crippen LogP contribution < -0.4 is 15.1 Å². The topological polar surface area (TPSA) is 124 Å². The largest absolute Gasteiger partial charge is 0.366 e. The van der Waals surface area contributed by atoms with Crippen LogP contribution in [0.3, 0.4) is 0 Å². The molecule has 9 rings (SSSR count). The number of likely N-dealkylation sites (tertiary alicyclic amines) is 1. The van der Waals surface area contributed by atoms with Gasteiger partial charge in [-0.1, -0.05) is 17.3 Å². The molecule has 1 saturated carbocycles. The van der Waals surface area contributed by atoms with Crippen molar-refractivity contribution in [1.82, 2.24) is 20.3 Å². The van der Waals surface area contributed by atoms with E-state index in [1.807, 2.05) is 18.7 Å². The minimum Gasteiger partial charge on any atom is -0.366 e. The molecule has 5 heterocycles. The summed E-state index contributed by atoms with van der Waals surface area (Å²) in [6, 6.07) is 16.6. The lowest BCUT2D eigenvalue weighted by Gasteiger charge is -2.53. The molecule has 4 aromatic rings. The number of carbonyl (C=O) groups is 4. The van der Waals surface area contributed by atoms with Crippen LogP contribution in [0.2, 0.25) is 0 Å². The molecule has 1 N–H and O–H groups in total. The molecule has 280 valence electrons. The molecule has 0 spiro atoms. The first-order valence-electron chi connectivity index (χ1n) is 18.8. The van der Waals surface area contributed by atoms with E-state index in [1.165, 1.54) is 6.07 Å². The lowest BCUT2D eigenvalue weighted by atomic mass is 9.92. The lowest BCUT2D eigenvalue weighted by molar-refractivity contribution is -0.136. The van der Waals surface area contributed by atoms with Crippen molar-refractivity contribution in [2.24, 2.45) is 5.92 Å². The highest BCUT2D eigenvalue weighted by Crippen LogP contribution is 2.50. The molecule has 4 amide bonds. The Kier molecular flexibility index (Phi) is 8.16. The first kappa shape index (κ1) is 34.9. The number of halogens is 1. The zero-order valence-electron chi connectivity index (χ0n) is 30.9. The number of piperidine rings is 1. The maximum absolute atomic E-state index is 15.5. The maximum atomic E-state index is 15.5. The second-order valence-corrected chi connectivity index (χ2v) is 15.7. The van der Waals surface area contributed by atoms with E-state index in [9.17, 15) is 19.2 Å². The number of nitrogens with one attached hydrogen (secondary N) is 1. The van der Waals surface area contributed by atoms with Crippen molar-refractivity contribution in [2.75, 3.05) is 42.5 Å². The second-order valence-electron chi connectivity index (χ2n) is 15.7. The van der Waals surface area contributed by atoms with Gasteiger partial charge in [0.05, 0.1) is 22.5 Å². The van der Waals surface area contributed by atoms with Crippen LogP contribution >= 0.6 is 0 Å². The molecule has 1 unspecified atom stereocenters. The predicted octanol–water partition coefficient (Wildman–Crippen LogP) is 5.67. The molecular weight excluding hydrogens is 702 g/mol. The van der Waals surface area contributed by atoms with Gasteiger partial charge < -0.3 is 19.2 Å². The van der Waals surface area contributed by atoms with Crippen molar-refractivity contribution in [2.45, 2.75) is 64.1 Å². The zero-order chi connectivity index (χ0) is 38.3. The molecule has 13 heteroatoms. The molecule has 0 radical (unpaired) electrons. The van der Waals surface area contributed by atoms with Crippen LogP contribution in [-0.4, -0.2) is 83.4 Å². The highest BCUT2D eigenvalue weighted by Gasteiger charge is 2.52. The van der Waals surface area contributed by atoms with E-state index in [1.54, 1.807) is 0 Å². The summed E-state index contributed by atoms with van der Waals surface area (Å²) in [4.78, 5) is 62.1. The maximum Gasteiger partial charge on any atom is 0.262 e. The number of fused-ring (bicyclic) bond motifs is 1. The summed E-state index contributed by atoms with van der Waals surface area (Å²) < 4.78 is 21.0. The van der Waals surface area contributed by atoms with E-state index in [0.717, 1.165) is 88.5 Å². The third-order valence-electron chi connectivity index (χ3n) is 12.1. The number of benzene rings is 3. The van der Waals surface area contributed by atoms with Gasteiger partial charge in [0, 0.05) is 86.4 Å². The number of carbonyl (C=O) groups excluding carboxylic acids is 4. The summed E-state index contributed by atoms with van der Waals surface area (Å²) in [6.45, 7) is 17.4. The lowest BCUT2D eigenvalue weighted by Crippen LogP contribution is -2.66. The van der Waals surface area contributed by atoms with Gasteiger partial charge in [0.15, 0.2) is 0 Å². The first-order valence-corrected chi connectivity index (χ1v) is 18.8. The minimum absolute atomic E-state index is 0.0160. The SMILES string of the molecule is [C-]#[N+]C1(c2ccc(N(CC3CN(C4CN(c5cc6c(cc5F)C(=O)N(C5CCC(=O)NC5=O)C6=O)C4)C3)c3cc(-c4c(C)noc4C)ccc3C)cc2)CC1. The second kappa shape index (κ2) is 12.9. The Morgan fingerprint density at radius 1 is 0.964 bits per heavy atom. The molecule has 55 heavy (non-hydrogen) atoms. The van der Waals surface area contributed by atoms with Crippen LogP contribution in [0.5, 0.6) is 0 Å². The van der Waals surface area contributed by atoms with Crippen molar-refractivity contribution in [3.8, 4) is 11.1 Å². The van der Waals surface area contributed by atoms with Gasteiger partial charge in [-0.25, -0.2) is 11.0 Å². The van der Waals surface area contributed by atoms with E-state index < -0.39 is 35.5 Å². The van der Waals surface area contributed by atoms with Crippen molar-refractivity contribution in [3.05, 3.63) is 106 Å². The Bertz CT molecular complexity index is 2310. The summed E-state index contributed by atoms with van der Waals surface area (Å²) in [5.74, 6) is -1.97. The summed E-state index contributed by atoms with van der Waals surface area (Å²) in [5, 5.41) is 6.37. The fraction of sp³-hybridized carbons (Fsp3) is 0.381. The third-order valence-corrected chi connectivity index (χ3v) is 12.1. The first-order chi connectivity index (χ1) is 26.4. The van der Waals surface area contributed by atoms with Crippen LogP contribution in [-0.2, 0) is 15.1 Å². The van der Waals surface area contributed by atoms with Crippen molar-refractivity contribution in [3.63, 3.8) is 0 Å². The van der Waals surface area contributed by atoms with E-state index in [-0.39, 0.29) is 41.2 Å². The smallest absolute Gasteiger partial charge is 0.262 e. The Hall–Kier alpha value is -5.87. The van der Waals surface area contributed by atoms with E-state index in [0.29, 0.717) is 19.0 Å². The van der Waals surface area contributed by atoms with Gasteiger partial charge in [-0.15, -0.1) is 0 Å². The molecule has 1 aliphatic carbocycles. The molecule has 4 aliphatic heterocycles. The Balaban J connectivity index is 0.893.